The Kier molecular flexibility index (Phi) is 5.87. The van der Waals surface area contributed by atoms with Crippen molar-refractivity contribution in [2.75, 3.05) is 32.8 Å². The number of aryl methyl sites for hydroxylation is 1. The van der Waals surface area contributed by atoms with Gasteiger partial charge in [0, 0.05) is 13.2 Å². The SMILES string of the molecule is CCOCCN1CCC(c2ccc(CC)cc2)CC1. The maximum atomic E-state index is 5.43. The summed E-state index contributed by atoms with van der Waals surface area (Å²) in [6.07, 6.45) is 3.71. The van der Waals surface area contributed by atoms with E-state index in [9.17, 15) is 0 Å². The molecule has 0 unspecified atom stereocenters. The topological polar surface area (TPSA) is 12.5 Å². The Bertz CT molecular complexity index is 352. The maximum Gasteiger partial charge on any atom is 0.0593 e. The molecule has 2 heteroatoms. The van der Waals surface area contributed by atoms with Gasteiger partial charge in [0.2, 0.25) is 0 Å². The lowest BCUT2D eigenvalue weighted by Crippen LogP contribution is -2.35. The van der Waals surface area contributed by atoms with Crippen molar-refractivity contribution in [2.24, 2.45) is 0 Å². The first-order valence-corrected chi connectivity index (χ1v) is 7.72. The summed E-state index contributed by atoms with van der Waals surface area (Å²) in [5.74, 6) is 0.759. The van der Waals surface area contributed by atoms with Crippen molar-refractivity contribution in [3.05, 3.63) is 35.4 Å². The second-order valence-electron chi connectivity index (χ2n) is 5.41. The van der Waals surface area contributed by atoms with Gasteiger partial charge in [-0.25, -0.2) is 0 Å². The molecule has 0 radical (unpaired) electrons. The van der Waals surface area contributed by atoms with Gasteiger partial charge < -0.3 is 9.64 Å². The van der Waals surface area contributed by atoms with Gasteiger partial charge in [0.15, 0.2) is 0 Å². The van der Waals surface area contributed by atoms with Crippen LogP contribution in [-0.4, -0.2) is 37.7 Å². The molecule has 0 bridgehead atoms. The molecule has 1 aliphatic rings. The van der Waals surface area contributed by atoms with Gasteiger partial charge in [-0.05, 0) is 56.3 Å². The molecule has 1 fully saturated rings. The standard InChI is InChI=1S/C17H27NO/c1-3-15-5-7-16(8-6-15)17-9-11-18(12-10-17)13-14-19-4-2/h5-8,17H,3-4,9-14H2,1-2H3. The van der Waals surface area contributed by atoms with Gasteiger partial charge in [0.25, 0.3) is 0 Å². The third-order valence-corrected chi connectivity index (χ3v) is 4.20. The zero-order chi connectivity index (χ0) is 13.5. The van der Waals surface area contributed by atoms with E-state index in [0.29, 0.717) is 0 Å². The molecule has 1 aliphatic heterocycles. The smallest absolute Gasteiger partial charge is 0.0593 e. The first-order chi connectivity index (χ1) is 9.33. The van der Waals surface area contributed by atoms with E-state index >= 15 is 0 Å². The van der Waals surface area contributed by atoms with E-state index in [0.717, 1.165) is 32.1 Å². The minimum absolute atomic E-state index is 0.759. The molecule has 106 valence electrons. The quantitative estimate of drug-likeness (QED) is 0.727. The highest BCUT2D eigenvalue weighted by atomic mass is 16.5. The van der Waals surface area contributed by atoms with E-state index in [-0.39, 0.29) is 0 Å². The Morgan fingerprint density at radius 1 is 1.11 bits per heavy atom. The number of benzene rings is 1. The van der Waals surface area contributed by atoms with Crippen LogP contribution in [0.3, 0.4) is 0 Å². The summed E-state index contributed by atoms with van der Waals surface area (Å²) in [7, 11) is 0. The van der Waals surface area contributed by atoms with Crippen LogP contribution in [-0.2, 0) is 11.2 Å². The van der Waals surface area contributed by atoms with Crippen LogP contribution in [0, 0.1) is 0 Å². The first kappa shape index (κ1) is 14.5. The summed E-state index contributed by atoms with van der Waals surface area (Å²) in [5, 5.41) is 0. The van der Waals surface area contributed by atoms with Gasteiger partial charge >= 0.3 is 0 Å². The van der Waals surface area contributed by atoms with Crippen LogP contribution in [0.4, 0.5) is 0 Å². The van der Waals surface area contributed by atoms with Crippen LogP contribution in [0.5, 0.6) is 0 Å². The Balaban J connectivity index is 1.78. The molecular weight excluding hydrogens is 234 g/mol. The number of rotatable bonds is 6. The molecule has 0 aliphatic carbocycles. The maximum absolute atomic E-state index is 5.43. The van der Waals surface area contributed by atoms with Crippen molar-refractivity contribution in [3.63, 3.8) is 0 Å². The van der Waals surface area contributed by atoms with Gasteiger partial charge in [-0.15, -0.1) is 0 Å². The molecule has 0 N–H and O–H groups in total. The fourth-order valence-electron chi connectivity index (χ4n) is 2.85. The molecular formula is C17H27NO. The predicted octanol–water partition coefficient (Wildman–Crippen LogP) is 3.46. The highest BCUT2D eigenvalue weighted by Crippen LogP contribution is 2.28. The minimum atomic E-state index is 0.759. The van der Waals surface area contributed by atoms with Crippen LogP contribution in [0.25, 0.3) is 0 Å². The molecule has 1 heterocycles. The number of piperidine rings is 1. The fourth-order valence-corrected chi connectivity index (χ4v) is 2.85. The Labute approximate surface area is 117 Å². The van der Waals surface area contributed by atoms with Gasteiger partial charge in [-0.2, -0.15) is 0 Å². The van der Waals surface area contributed by atoms with E-state index in [1.807, 2.05) is 0 Å². The van der Waals surface area contributed by atoms with Crippen LogP contribution in [0.2, 0.25) is 0 Å². The number of likely N-dealkylation sites (tertiary alicyclic amines) is 1. The van der Waals surface area contributed by atoms with Crippen LogP contribution < -0.4 is 0 Å². The lowest BCUT2D eigenvalue weighted by atomic mass is 9.89. The second kappa shape index (κ2) is 7.66. The number of nitrogens with zero attached hydrogens (tertiary/aromatic N) is 1. The Morgan fingerprint density at radius 2 is 1.79 bits per heavy atom. The molecule has 1 saturated heterocycles. The molecule has 0 saturated carbocycles. The molecule has 2 nitrogen and oxygen atoms in total. The Morgan fingerprint density at radius 3 is 2.37 bits per heavy atom. The normalized spacial score (nSPS) is 17.8. The summed E-state index contributed by atoms with van der Waals surface area (Å²) in [5.41, 5.74) is 2.97. The lowest BCUT2D eigenvalue weighted by Gasteiger charge is -2.32. The van der Waals surface area contributed by atoms with Crippen molar-refractivity contribution in [1.82, 2.24) is 4.90 Å². The zero-order valence-electron chi connectivity index (χ0n) is 12.4. The van der Waals surface area contributed by atoms with Gasteiger partial charge in [-0.3, -0.25) is 0 Å². The minimum Gasteiger partial charge on any atom is -0.380 e. The summed E-state index contributed by atoms with van der Waals surface area (Å²) < 4.78 is 5.43. The van der Waals surface area contributed by atoms with E-state index in [1.165, 1.54) is 37.1 Å². The van der Waals surface area contributed by atoms with E-state index in [2.05, 4.69) is 43.0 Å². The predicted molar refractivity (Wildman–Crippen MR) is 80.7 cm³/mol. The first-order valence-electron chi connectivity index (χ1n) is 7.72. The molecule has 0 atom stereocenters. The van der Waals surface area contributed by atoms with Crippen LogP contribution >= 0.6 is 0 Å². The van der Waals surface area contributed by atoms with Crippen molar-refractivity contribution in [1.29, 1.82) is 0 Å². The van der Waals surface area contributed by atoms with Crippen LogP contribution in [0.1, 0.15) is 43.7 Å². The van der Waals surface area contributed by atoms with Crippen molar-refractivity contribution < 1.29 is 4.74 Å². The monoisotopic (exact) mass is 261 g/mol. The molecule has 1 aromatic rings. The Hall–Kier alpha value is -0.860. The van der Waals surface area contributed by atoms with Gasteiger partial charge in [0.1, 0.15) is 0 Å². The van der Waals surface area contributed by atoms with Gasteiger partial charge in [-0.1, -0.05) is 31.2 Å². The molecule has 1 aromatic carbocycles. The van der Waals surface area contributed by atoms with E-state index < -0.39 is 0 Å². The molecule has 0 aromatic heterocycles. The van der Waals surface area contributed by atoms with Crippen molar-refractivity contribution in [2.45, 2.75) is 39.0 Å². The van der Waals surface area contributed by atoms with E-state index in [1.54, 1.807) is 0 Å². The summed E-state index contributed by atoms with van der Waals surface area (Å²) in [6.45, 7) is 9.51. The molecule has 0 amide bonds. The molecule has 19 heavy (non-hydrogen) atoms. The average Bonchev–Trinajstić information content (AvgIpc) is 2.48. The number of hydrogen-bond donors (Lipinski definition) is 0. The van der Waals surface area contributed by atoms with Gasteiger partial charge in [0.05, 0.1) is 6.61 Å². The van der Waals surface area contributed by atoms with E-state index in [4.69, 9.17) is 4.74 Å². The van der Waals surface area contributed by atoms with Crippen molar-refractivity contribution in [3.8, 4) is 0 Å². The number of ether oxygens (including phenoxy) is 1. The lowest BCUT2D eigenvalue weighted by molar-refractivity contribution is 0.102. The number of hydrogen-bond acceptors (Lipinski definition) is 2. The average molecular weight is 261 g/mol. The van der Waals surface area contributed by atoms with Crippen LogP contribution in [0.15, 0.2) is 24.3 Å². The van der Waals surface area contributed by atoms with Crippen molar-refractivity contribution >= 4 is 0 Å². The third-order valence-electron chi connectivity index (χ3n) is 4.20. The fraction of sp³-hybridized carbons (Fsp3) is 0.647. The molecule has 2 rings (SSSR count). The third kappa shape index (κ3) is 4.32. The highest BCUT2D eigenvalue weighted by Gasteiger charge is 2.20. The second-order valence-corrected chi connectivity index (χ2v) is 5.41. The largest absolute Gasteiger partial charge is 0.380 e. The zero-order valence-corrected chi connectivity index (χ0v) is 12.4. The highest BCUT2D eigenvalue weighted by molar-refractivity contribution is 5.25. The summed E-state index contributed by atoms with van der Waals surface area (Å²) >= 11 is 0. The molecule has 0 spiro atoms. The summed E-state index contributed by atoms with van der Waals surface area (Å²) in [4.78, 5) is 2.53. The summed E-state index contributed by atoms with van der Waals surface area (Å²) in [6, 6.07) is 9.24.